The number of nitrogen functional groups attached to an aromatic ring is 1. The molecule has 1 aromatic rings. The highest BCUT2D eigenvalue weighted by Gasteiger charge is 2.25. The summed E-state index contributed by atoms with van der Waals surface area (Å²) in [6, 6.07) is 0.300. The Labute approximate surface area is 77.3 Å². The monoisotopic (exact) mass is 181 g/mol. The van der Waals surface area contributed by atoms with Crippen LogP contribution in [0.3, 0.4) is 0 Å². The van der Waals surface area contributed by atoms with Crippen molar-refractivity contribution in [3.63, 3.8) is 0 Å². The standard InChI is InChI=1S/C9H15N3O/c10-5-4-6-2-1-3-7-8(6)13-9(11)12-7/h6H,1-5,10H2,(H2,11,12). The Balaban J connectivity index is 2.25. The molecule has 0 aromatic carbocycles. The number of aryl methyl sites for hydroxylation is 1. The minimum Gasteiger partial charge on any atom is -0.428 e. The van der Waals surface area contributed by atoms with Crippen molar-refractivity contribution >= 4 is 6.01 Å². The molecule has 0 radical (unpaired) electrons. The van der Waals surface area contributed by atoms with Gasteiger partial charge in [0.1, 0.15) is 5.76 Å². The normalized spacial score (nSPS) is 21.5. The van der Waals surface area contributed by atoms with Gasteiger partial charge in [-0.15, -0.1) is 0 Å². The molecule has 1 aromatic heterocycles. The van der Waals surface area contributed by atoms with E-state index in [9.17, 15) is 0 Å². The zero-order valence-electron chi connectivity index (χ0n) is 7.62. The van der Waals surface area contributed by atoms with E-state index in [0.29, 0.717) is 18.5 Å². The van der Waals surface area contributed by atoms with E-state index in [-0.39, 0.29) is 0 Å². The van der Waals surface area contributed by atoms with Crippen LogP contribution in [0.15, 0.2) is 4.42 Å². The second-order valence-corrected chi connectivity index (χ2v) is 3.53. The van der Waals surface area contributed by atoms with E-state index in [4.69, 9.17) is 15.9 Å². The van der Waals surface area contributed by atoms with E-state index in [0.717, 1.165) is 30.7 Å². The fraction of sp³-hybridized carbons (Fsp3) is 0.667. The lowest BCUT2D eigenvalue weighted by atomic mass is 9.88. The van der Waals surface area contributed by atoms with E-state index in [2.05, 4.69) is 4.98 Å². The first-order valence-electron chi connectivity index (χ1n) is 4.76. The first kappa shape index (κ1) is 8.56. The lowest BCUT2D eigenvalue weighted by molar-refractivity contribution is 0.412. The van der Waals surface area contributed by atoms with Crippen molar-refractivity contribution in [2.45, 2.75) is 31.6 Å². The molecule has 1 atom stereocenters. The van der Waals surface area contributed by atoms with Crippen LogP contribution >= 0.6 is 0 Å². The SMILES string of the molecule is NCCC1CCCc2nc(N)oc21. The van der Waals surface area contributed by atoms with Gasteiger partial charge in [0.15, 0.2) is 0 Å². The van der Waals surface area contributed by atoms with E-state index in [1.165, 1.54) is 6.42 Å². The van der Waals surface area contributed by atoms with Gasteiger partial charge in [-0.2, -0.15) is 4.98 Å². The summed E-state index contributed by atoms with van der Waals surface area (Å²) in [7, 11) is 0. The number of hydrogen-bond acceptors (Lipinski definition) is 4. The molecule has 0 saturated heterocycles. The third-order valence-corrected chi connectivity index (χ3v) is 2.60. The minimum atomic E-state index is 0.300. The number of nitrogens with two attached hydrogens (primary N) is 2. The topological polar surface area (TPSA) is 78.1 Å². The van der Waals surface area contributed by atoms with E-state index in [1.54, 1.807) is 0 Å². The summed E-state index contributed by atoms with van der Waals surface area (Å²) in [5.41, 5.74) is 12.1. The number of nitrogens with zero attached hydrogens (tertiary/aromatic N) is 1. The molecule has 1 aliphatic carbocycles. The molecule has 0 spiro atoms. The molecule has 4 N–H and O–H groups in total. The molecule has 0 fully saturated rings. The highest BCUT2D eigenvalue weighted by Crippen LogP contribution is 2.34. The Hall–Kier alpha value is -1.03. The molecule has 13 heavy (non-hydrogen) atoms. The zero-order valence-corrected chi connectivity index (χ0v) is 7.62. The fourth-order valence-electron chi connectivity index (χ4n) is 2.00. The van der Waals surface area contributed by atoms with Gasteiger partial charge in [0.2, 0.25) is 0 Å². The van der Waals surface area contributed by atoms with Crippen molar-refractivity contribution in [3.05, 3.63) is 11.5 Å². The van der Waals surface area contributed by atoms with Crippen LogP contribution in [0.5, 0.6) is 0 Å². The van der Waals surface area contributed by atoms with Crippen LogP contribution in [0.1, 0.15) is 36.6 Å². The smallest absolute Gasteiger partial charge is 0.292 e. The quantitative estimate of drug-likeness (QED) is 0.714. The van der Waals surface area contributed by atoms with Crippen LogP contribution in [-0.4, -0.2) is 11.5 Å². The van der Waals surface area contributed by atoms with Crippen LogP contribution in [0.25, 0.3) is 0 Å². The minimum absolute atomic E-state index is 0.300. The Morgan fingerprint density at radius 2 is 2.38 bits per heavy atom. The second-order valence-electron chi connectivity index (χ2n) is 3.53. The van der Waals surface area contributed by atoms with Gasteiger partial charge in [0.05, 0.1) is 5.69 Å². The van der Waals surface area contributed by atoms with Crippen LogP contribution in [0.2, 0.25) is 0 Å². The molecule has 1 heterocycles. The van der Waals surface area contributed by atoms with Gasteiger partial charge in [-0.1, -0.05) is 0 Å². The van der Waals surface area contributed by atoms with Crippen molar-refractivity contribution < 1.29 is 4.42 Å². The Morgan fingerprint density at radius 3 is 3.15 bits per heavy atom. The van der Waals surface area contributed by atoms with Gasteiger partial charge in [0.25, 0.3) is 6.01 Å². The highest BCUT2D eigenvalue weighted by molar-refractivity contribution is 5.25. The molecular formula is C9H15N3O. The van der Waals surface area contributed by atoms with Gasteiger partial charge >= 0.3 is 0 Å². The van der Waals surface area contributed by atoms with Gasteiger partial charge in [-0.05, 0) is 32.2 Å². The van der Waals surface area contributed by atoms with Crippen LogP contribution in [0.4, 0.5) is 6.01 Å². The average Bonchev–Trinajstić information content (AvgIpc) is 2.47. The van der Waals surface area contributed by atoms with Crippen molar-refractivity contribution in [2.75, 3.05) is 12.3 Å². The number of rotatable bonds is 2. The zero-order chi connectivity index (χ0) is 9.26. The van der Waals surface area contributed by atoms with E-state index in [1.807, 2.05) is 0 Å². The first-order chi connectivity index (χ1) is 6.31. The summed E-state index contributed by atoms with van der Waals surface area (Å²) in [4.78, 5) is 4.15. The van der Waals surface area contributed by atoms with Crippen molar-refractivity contribution in [1.82, 2.24) is 4.98 Å². The summed E-state index contributed by atoms with van der Waals surface area (Å²) in [6.07, 6.45) is 4.29. The molecule has 1 unspecified atom stereocenters. The van der Waals surface area contributed by atoms with Crippen LogP contribution in [-0.2, 0) is 6.42 Å². The highest BCUT2D eigenvalue weighted by atomic mass is 16.4. The lowest BCUT2D eigenvalue weighted by Crippen LogP contribution is -2.12. The number of oxazole rings is 1. The van der Waals surface area contributed by atoms with Crippen LogP contribution < -0.4 is 11.5 Å². The number of aromatic nitrogens is 1. The Morgan fingerprint density at radius 1 is 1.54 bits per heavy atom. The molecule has 0 aliphatic heterocycles. The van der Waals surface area contributed by atoms with Crippen molar-refractivity contribution in [1.29, 1.82) is 0 Å². The lowest BCUT2D eigenvalue weighted by Gasteiger charge is -2.18. The molecule has 72 valence electrons. The summed E-state index contributed by atoms with van der Waals surface area (Å²) in [6.45, 7) is 0.699. The number of fused-ring (bicyclic) bond motifs is 1. The van der Waals surface area contributed by atoms with Gasteiger partial charge in [-0.25, -0.2) is 0 Å². The summed E-state index contributed by atoms with van der Waals surface area (Å²) < 4.78 is 5.38. The predicted molar refractivity (Wildman–Crippen MR) is 50.3 cm³/mol. The fourth-order valence-corrected chi connectivity index (χ4v) is 2.00. The summed E-state index contributed by atoms with van der Waals surface area (Å²) in [5.74, 6) is 1.42. The number of hydrogen-bond donors (Lipinski definition) is 2. The van der Waals surface area contributed by atoms with E-state index >= 15 is 0 Å². The largest absolute Gasteiger partial charge is 0.428 e. The maximum Gasteiger partial charge on any atom is 0.292 e. The third kappa shape index (κ3) is 1.54. The van der Waals surface area contributed by atoms with E-state index < -0.39 is 0 Å². The summed E-state index contributed by atoms with van der Waals surface area (Å²) in [5, 5.41) is 0. The van der Waals surface area contributed by atoms with Gasteiger partial charge < -0.3 is 15.9 Å². The van der Waals surface area contributed by atoms with Gasteiger partial charge in [0, 0.05) is 5.92 Å². The molecular weight excluding hydrogens is 166 g/mol. The maximum atomic E-state index is 5.53. The predicted octanol–water partition coefficient (Wildman–Crippen LogP) is 1.03. The molecule has 4 heteroatoms. The molecule has 0 bridgehead atoms. The van der Waals surface area contributed by atoms with Gasteiger partial charge in [-0.3, -0.25) is 0 Å². The van der Waals surface area contributed by atoms with Crippen molar-refractivity contribution in [2.24, 2.45) is 5.73 Å². The summed E-state index contributed by atoms with van der Waals surface area (Å²) >= 11 is 0. The molecule has 0 saturated carbocycles. The average molecular weight is 181 g/mol. The first-order valence-corrected chi connectivity index (χ1v) is 4.76. The molecule has 4 nitrogen and oxygen atoms in total. The van der Waals surface area contributed by atoms with Crippen molar-refractivity contribution in [3.8, 4) is 0 Å². The molecule has 2 rings (SSSR count). The molecule has 0 amide bonds. The third-order valence-electron chi connectivity index (χ3n) is 2.60. The maximum absolute atomic E-state index is 5.53. The molecule has 1 aliphatic rings. The Kier molecular flexibility index (Phi) is 2.22. The van der Waals surface area contributed by atoms with Crippen LogP contribution in [0, 0.1) is 0 Å². The number of anilines is 1. The second kappa shape index (κ2) is 3.38. The Bertz CT molecular complexity index is 295.